The SMILES string of the molecule is CC(=O)c1cc(C(N)=O)ccc1[N+]#N. The quantitative estimate of drug-likeness (QED) is 0.565. The van der Waals surface area contributed by atoms with Crippen LogP contribution in [0, 0.1) is 5.39 Å². The molecule has 0 atom stereocenters. The van der Waals surface area contributed by atoms with E-state index in [9.17, 15) is 9.59 Å². The fraction of sp³-hybridized carbons (Fsp3) is 0.111. The molecule has 0 saturated heterocycles. The highest BCUT2D eigenvalue weighted by Crippen LogP contribution is 2.20. The molecule has 5 nitrogen and oxygen atoms in total. The van der Waals surface area contributed by atoms with E-state index in [-0.39, 0.29) is 22.6 Å². The normalized spacial score (nSPS) is 9.14. The summed E-state index contributed by atoms with van der Waals surface area (Å²) in [6.45, 7) is 1.31. The van der Waals surface area contributed by atoms with Gasteiger partial charge in [0.1, 0.15) is 5.56 Å². The first kappa shape index (κ1) is 9.86. The Morgan fingerprint density at radius 2 is 2.07 bits per heavy atom. The maximum Gasteiger partial charge on any atom is 0.395 e. The van der Waals surface area contributed by atoms with E-state index in [1.54, 1.807) is 0 Å². The van der Waals surface area contributed by atoms with Crippen molar-refractivity contribution < 1.29 is 9.59 Å². The number of hydrogen-bond donors (Lipinski definition) is 1. The molecular weight excluding hydrogens is 182 g/mol. The average Bonchev–Trinajstić information content (AvgIpc) is 2.16. The summed E-state index contributed by atoms with van der Waals surface area (Å²) in [6.07, 6.45) is 0. The van der Waals surface area contributed by atoms with Crippen LogP contribution < -0.4 is 5.73 Å². The topological polar surface area (TPSA) is 88.3 Å². The molecule has 1 rings (SSSR count). The van der Waals surface area contributed by atoms with Crippen LogP contribution in [-0.4, -0.2) is 11.7 Å². The van der Waals surface area contributed by atoms with Crippen LogP contribution in [-0.2, 0) is 0 Å². The number of hydrogen-bond acceptors (Lipinski definition) is 3. The molecule has 0 aliphatic heterocycles. The maximum atomic E-state index is 11.1. The molecule has 0 aromatic heterocycles. The van der Waals surface area contributed by atoms with Crippen LogP contribution in [0.15, 0.2) is 18.2 Å². The molecule has 1 aromatic carbocycles. The smallest absolute Gasteiger partial charge is 0.366 e. The van der Waals surface area contributed by atoms with E-state index in [0.29, 0.717) is 0 Å². The number of nitrogens with zero attached hydrogens (tertiary/aromatic N) is 2. The Morgan fingerprint density at radius 3 is 2.50 bits per heavy atom. The summed E-state index contributed by atoms with van der Waals surface area (Å²) < 4.78 is 0. The van der Waals surface area contributed by atoms with Gasteiger partial charge in [0.2, 0.25) is 11.3 Å². The van der Waals surface area contributed by atoms with Crippen LogP contribution in [0.25, 0.3) is 4.98 Å². The highest BCUT2D eigenvalue weighted by Gasteiger charge is 2.18. The van der Waals surface area contributed by atoms with Crippen molar-refractivity contribution in [1.29, 1.82) is 5.39 Å². The zero-order valence-electron chi connectivity index (χ0n) is 7.52. The standard InChI is InChI=1S/C9H7N3O2/c1-5(13)7-4-6(9(10)14)2-3-8(7)12-11/h2-4H,1H3,(H-,10,14)/p+1. The molecule has 70 valence electrons. The van der Waals surface area contributed by atoms with Gasteiger partial charge in [0.05, 0.1) is 0 Å². The summed E-state index contributed by atoms with van der Waals surface area (Å²) in [5.74, 6) is -0.919. The van der Waals surface area contributed by atoms with E-state index >= 15 is 0 Å². The molecule has 0 saturated carbocycles. The number of primary amides is 1. The van der Waals surface area contributed by atoms with Crippen molar-refractivity contribution in [2.24, 2.45) is 5.73 Å². The lowest BCUT2D eigenvalue weighted by atomic mass is 10.1. The number of Topliss-reactive ketones (excluding diaryl/α,β-unsaturated/α-hetero) is 1. The third kappa shape index (κ3) is 1.75. The molecular formula is C9H8N3O2+. The number of amides is 1. The number of carbonyl (C=O) groups is 2. The molecule has 1 aromatic rings. The molecule has 0 unspecified atom stereocenters. The zero-order chi connectivity index (χ0) is 10.7. The lowest BCUT2D eigenvalue weighted by molar-refractivity contribution is 0.1000. The predicted octanol–water partition coefficient (Wildman–Crippen LogP) is 1.47. The van der Waals surface area contributed by atoms with Gasteiger partial charge < -0.3 is 5.73 Å². The second-order valence-corrected chi connectivity index (χ2v) is 2.75. The van der Waals surface area contributed by atoms with Gasteiger partial charge in [-0.15, -0.1) is 0 Å². The van der Waals surface area contributed by atoms with Gasteiger partial charge in [-0.3, -0.25) is 9.59 Å². The van der Waals surface area contributed by atoms with Gasteiger partial charge in [0, 0.05) is 11.6 Å². The van der Waals surface area contributed by atoms with E-state index in [1.165, 1.54) is 25.1 Å². The third-order valence-corrected chi connectivity index (χ3v) is 1.77. The summed E-state index contributed by atoms with van der Waals surface area (Å²) in [5, 5.41) is 8.55. The fourth-order valence-corrected chi connectivity index (χ4v) is 1.06. The Morgan fingerprint density at radius 1 is 1.43 bits per heavy atom. The molecule has 0 aliphatic carbocycles. The molecule has 0 aliphatic rings. The molecule has 0 radical (unpaired) electrons. The minimum atomic E-state index is -0.628. The first-order valence-corrected chi connectivity index (χ1v) is 3.86. The summed E-state index contributed by atoms with van der Waals surface area (Å²) in [4.78, 5) is 24.8. The van der Waals surface area contributed by atoms with E-state index < -0.39 is 5.91 Å². The number of ketones is 1. The van der Waals surface area contributed by atoms with Crippen molar-refractivity contribution in [1.82, 2.24) is 0 Å². The lowest BCUT2D eigenvalue weighted by Crippen LogP contribution is -2.11. The maximum absolute atomic E-state index is 11.1. The molecule has 1 amide bonds. The van der Waals surface area contributed by atoms with Gasteiger partial charge >= 0.3 is 5.69 Å². The first-order valence-electron chi connectivity index (χ1n) is 3.86. The van der Waals surface area contributed by atoms with Crippen molar-refractivity contribution in [2.45, 2.75) is 6.92 Å². The number of diazo groups is 1. The van der Waals surface area contributed by atoms with Crippen LogP contribution in [0.3, 0.4) is 0 Å². The van der Waals surface area contributed by atoms with Gasteiger partial charge in [-0.1, -0.05) is 0 Å². The first-order chi connectivity index (χ1) is 6.56. The molecule has 14 heavy (non-hydrogen) atoms. The van der Waals surface area contributed by atoms with Crippen LogP contribution in [0.5, 0.6) is 0 Å². The van der Waals surface area contributed by atoms with Gasteiger partial charge in [-0.2, -0.15) is 0 Å². The monoisotopic (exact) mass is 190 g/mol. The number of nitrogens with two attached hydrogens (primary N) is 1. The van der Waals surface area contributed by atoms with Crippen LogP contribution in [0.4, 0.5) is 5.69 Å². The Hall–Kier alpha value is -2.22. The van der Waals surface area contributed by atoms with Crippen LogP contribution in [0.2, 0.25) is 0 Å². The fourth-order valence-electron chi connectivity index (χ4n) is 1.06. The number of carbonyl (C=O) groups excluding carboxylic acids is 2. The summed E-state index contributed by atoms with van der Waals surface area (Å²) >= 11 is 0. The predicted molar refractivity (Wildman–Crippen MR) is 49.7 cm³/mol. The Kier molecular flexibility index (Phi) is 2.58. The van der Waals surface area contributed by atoms with Crippen molar-refractivity contribution in [2.75, 3.05) is 0 Å². The van der Waals surface area contributed by atoms with Crippen molar-refractivity contribution >= 4 is 17.4 Å². The molecule has 0 heterocycles. The Balaban J connectivity index is 3.37. The highest BCUT2D eigenvalue weighted by molar-refractivity contribution is 6.03. The minimum absolute atomic E-state index is 0.127. The van der Waals surface area contributed by atoms with E-state index in [0.717, 1.165) is 0 Å². The van der Waals surface area contributed by atoms with Crippen LogP contribution in [0.1, 0.15) is 27.6 Å². The molecule has 0 fully saturated rings. The summed E-state index contributed by atoms with van der Waals surface area (Å²) in [7, 11) is 0. The molecule has 0 spiro atoms. The average molecular weight is 190 g/mol. The van der Waals surface area contributed by atoms with E-state index in [1.807, 2.05) is 0 Å². The van der Waals surface area contributed by atoms with Crippen molar-refractivity contribution in [3.8, 4) is 0 Å². The summed E-state index contributed by atoms with van der Waals surface area (Å²) in [5.41, 5.74) is 5.54. The highest BCUT2D eigenvalue weighted by atomic mass is 16.1. The lowest BCUT2D eigenvalue weighted by Gasteiger charge is -1.95. The van der Waals surface area contributed by atoms with Gasteiger partial charge in [-0.05, 0) is 19.1 Å². The number of rotatable bonds is 2. The second kappa shape index (κ2) is 3.66. The van der Waals surface area contributed by atoms with E-state index in [4.69, 9.17) is 11.1 Å². The van der Waals surface area contributed by atoms with Crippen molar-refractivity contribution in [3.63, 3.8) is 0 Å². The largest absolute Gasteiger partial charge is 0.395 e. The Bertz CT molecular complexity index is 446. The number of benzene rings is 1. The van der Waals surface area contributed by atoms with Gasteiger partial charge in [-0.25, -0.2) is 0 Å². The summed E-state index contributed by atoms with van der Waals surface area (Å²) in [6, 6.07) is 4.06. The van der Waals surface area contributed by atoms with Crippen LogP contribution >= 0.6 is 0 Å². The molecule has 0 bridgehead atoms. The second-order valence-electron chi connectivity index (χ2n) is 2.75. The van der Waals surface area contributed by atoms with Gasteiger partial charge in [0.15, 0.2) is 10.8 Å². The zero-order valence-corrected chi connectivity index (χ0v) is 7.52. The van der Waals surface area contributed by atoms with Crippen molar-refractivity contribution in [3.05, 3.63) is 34.3 Å². The van der Waals surface area contributed by atoms with E-state index in [2.05, 4.69) is 4.98 Å². The molecule has 5 heteroatoms. The molecule has 2 N–H and O–H groups in total. The third-order valence-electron chi connectivity index (χ3n) is 1.77. The van der Waals surface area contributed by atoms with Gasteiger partial charge in [0.25, 0.3) is 0 Å². The minimum Gasteiger partial charge on any atom is -0.366 e. The Labute approximate surface area is 80.1 Å².